The van der Waals surface area contributed by atoms with Gasteiger partial charge in [-0.05, 0) is 24.6 Å². The predicted octanol–water partition coefficient (Wildman–Crippen LogP) is 2.31. The maximum absolute atomic E-state index is 12.0. The molecule has 0 saturated heterocycles. The molecule has 1 rings (SSSR count). The van der Waals surface area contributed by atoms with Gasteiger partial charge in [-0.3, -0.25) is 4.79 Å². The molecule has 7 heteroatoms. The number of amides is 1. The van der Waals surface area contributed by atoms with Crippen molar-refractivity contribution in [2.45, 2.75) is 18.9 Å². The summed E-state index contributed by atoms with van der Waals surface area (Å²) in [6.07, 6.45) is 0. The number of carboxylic acids is 1. The maximum atomic E-state index is 12.0. The van der Waals surface area contributed by atoms with E-state index in [0.29, 0.717) is 15.6 Å². The van der Waals surface area contributed by atoms with Gasteiger partial charge in [0.2, 0.25) is 5.91 Å². The Morgan fingerprint density at radius 1 is 1.35 bits per heavy atom. The van der Waals surface area contributed by atoms with Crippen molar-refractivity contribution in [1.82, 2.24) is 5.32 Å². The first-order chi connectivity index (χ1) is 9.36. The third-order valence-electron chi connectivity index (χ3n) is 2.78. The van der Waals surface area contributed by atoms with Crippen molar-refractivity contribution in [2.75, 3.05) is 13.7 Å². The molecule has 20 heavy (non-hydrogen) atoms. The van der Waals surface area contributed by atoms with Crippen molar-refractivity contribution >= 4 is 35.1 Å². The molecule has 0 aromatic heterocycles. The van der Waals surface area contributed by atoms with Crippen LogP contribution in [0.15, 0.2) is 18.2 Å². The number of aliphatic carboxylic acids is 1. The molecule has 0 heterocycles. The van der Waals surface area contributed by atoms with Crippen LogP contribution in [-0.2, 0) is 14.3 Å². The molecule has 2 N–H and O–H groups in total. The number of rotatable bonds is 6. The summed E-state index contributed by atoms with van der Waals surface area (Å²) in [4.78, 5) is 23.0. The van der Waals surface area contributed by atoms with Crippen LogP contribution in [-0.4, -0.2) is 36.7 Å². The van der Waals surface area contributed by atoms with E-state index in [4.69, 9.17) is 33.0 Å². The molecule has 2 atom stereocenters. The summed E-state index contributed by atoms with van der Waals surface area (Å²) < 4.78 is 4.75. The van der Waals surface area contributed by atoms with Crippen molar-refractivity contribution in [3.05, 3.63) is 33.8 Å². The summed E-state index contributed by atoms with van der Waals surface area (Å²) >= 11 is 11.7. The highest BCUT2D eigenvalue weighted by Gasteiger charge is 2.23. The largest absolute Gasteiger partial charge is 0.480 e. The minimum atomic E-state index is -1.15. The molecule has 0 saturated carbocycles. The second-order valence-electron chi connectivity index (χ2n) is 4.25. The SMILES string of the molecule is COCC(NC(=O)C(C)c1ccc(Cl)c(Cl)c1)C(=O)O. The number of halogens is 2. The lowest BCUT2D eigenvalue weighted by Crippen LogP contribution is -2.45. The molecule has 2 unspecified atom stereocenters. The fourth-order valence-corrected chi connectivity index (χ4v) is 1.88. The highest BCUT2D eigenvalue weighted by atomic mass is 35.5. The number of ether oxygens (including phenoxy) is 1. The second-order valence-corrected chi connectivity index (χ2v) is 5.06. The fourth-order valence-electron chi connectivity index (χ4n) is 1.57. The third-order valence-corrected chi connectivity index (χ3v) is 3.52. The summed E-state index contributed by atoms with van der Waals surface area (Å²) in [5.74, 6) is -2.13. The van der Waals surface area contributed by atoms with Crippen molar-refractivity contribution in [3.8, 4) is 0 Å². The lowest BCUT2D eigenvalue weighted by Gasteiger charge is -2.17. The molecule has 0 radical (unpaired) electrons. The molecule has 1 aromatic rings. The highest BCUT2D eigenvalue weighted by Crippen LogP contribution is 2.26. The summed E-state index contributed by atoms with van der Waals surface area (Å²) in [5, 5.41) is 12.1. The Hall–Kier alpha value is -1.30. The molecule has 5 nitrogen and oxygen atoms in total. The van der Waals surface area contributed by atoms with Crippen LogP contribution in [0.2, 0.25) is 10.0 Å². The highest BCUT2D eigenvalue weighted by molar-refractivity contribution is 6.42. The van der Waals surface area contributed by atoms with Gasteiger partial charge in [0, 0.05) is 7.11 Å². The number of benzene rings is 1. The zero-order valence-electron chi connectivity index (χ0n) is 11.0. The number of hydrogen-bond acceptors (Lipinski definition) is 3. The molecule has 0 spiro atoms. The Morgan fingerprint density at radius 3 is 2.50 bits per heavy atom. The van der Waals surface area contributed by atoms with E-state index in [-0.39, 0.29) is 6.61 Å². The fraction of sp³-hybridized carbons (Fsp3) is 0.385. The molecule has 1 amide bonds. The van der Waals surface area contributed by atoms with E-state index in [1.54, 1.807) is 25.1 Å². The Bertz CT molecular complexity index is 507. The van der Waals surface area contributed by atoms with Gasteiger partial charge in [-0.15, -0.1) is 0 Å². The van der Waals surface area contributed by atoms with E-state index in [1.165, 1.54) is 7.11 Å². The Labute approximate surface area is 126 Å². The van der Waals surface area contributed by atoms with Crippen LogP contribution in [0.1, 0.15) is 18.4 Å². The lowest BCUT2D eigenvalue weighted by atomic mass is 10.00. The van der Waals surface area contributed by atoms with Gasteiger partial charge in [-0.2, -0.15) is 0 Å². The number of carbonyl (C=O) groups excluding carboxylic acids is 1. The Morgan fingerprint density at radius 2 is 2.00 bits per heavy atom. The van der Waals surface area contributed by atoms with Crippen LogP contribution in [0, 0.1) is 0 Å². The van der Waals surface area contributed by atoms with E-state index in [2.05, 4.69) is 5.32 Å². The molecule has 110 valence electrons. The average molecular weight is 320 g/mol. The van der Waals surface area contributed by atoms with Gasteiger partial charge in [0.05, 0.1) is 22.6 Å². The summed E-state index contributed by atoms with van der Waals surface area (Å²) in [5.41, 5.74) is 0.651. The molecule has 0 aliphatic carbocycles. The van der Waals surface area contributed by atoms with Crippen LogP contribution in [0.25, 0.3) is 0 Å². The zero-order valence-corrected chi connectivity index (χ0v) is 12.5. The van der Waals surface area contributed by atoms with Crippen LogP contribution >= 0.6 is 23.2 Å². The smallest absolute Gasteiger partial charge is 0.328 e. The van der Waals surface area contributed by atoms with Gasteiger partial charge >= 0.3 is 5.97 Å². The summed E-state index contributed by atoms with van der Waals surface area (Å²) in [7, 11) is 1.37. The zero-order chi connectivity index (χ0) is 15.3. The number of carbonyl (C=O) groups is 2. The number of methoxy groups -OCH3 is 1. The molecule has 1 aromatic carbocycles. The van der Waals surface area contributed by atoms with Crippen molar-refractivity contribution in [3.63, 3.8) is 0 Å². The van der Waals surface area contributed by atoms with Crippen molar-refractivity contribution in [1.29, 1.82) is 0 Å². The van der Waals surface area contributed by atoms with Gasteiger partial charge in [-0.25, -0.2) is 4.79 Å². The molecule has 0 bridgehead atoms. The van der Waals surface area contributed by atoms with E-state index < -0.39 is 23.8 Å². The standard InChI is InChI=1S/C13H15Cl2NO4/c1-7(8-3-4-9(14)10(15)5-8)12(17)16-11(6-20-2)13(18)19/h3-5,7,11H,6H2,1-2H3,(H,16,17)(H,18,19). The summed E-state index contributed by atoms with van der Waals surface area (Å²) in [6, 6.07) is 3.76. The maximum Gasteiger partial charge on any atom is 0.328 e. The van der Waals surface area contributed by atoms with Gasteiger partial charge < -0.3 is 15.2 Å². The van der Waals surface area contributed by atoms with E-state index in [1.807, 2.05) is 0 Å². The summed E-state index contributed by atoms with van der Waals surface area (Å²) in [6.45, 7) is 1.55. The van der Waals surface area contributed by atoms with E-state index in [0.717, 1.165) is 0 Å². The Kier molecular flexibility index (Phi) is 6.26. The van der Waals surface area contributed by atoms with E-state index >= 15 is 0 Å². The topological polar surface area (TPSA) is 75.6 Å². The minimum Gasteiger partial charge on any atom is -0.480 e. The molecular weight excluding hydrogens is 305 g/mol. The molecule has 0 fully saturated rings. The number of nitrogens with one attached hydrogen (secondary N) is 1. The second kappa shape index (κ2) is 7.47. The lowest BCUT2D eigenvalue weighted by molar-refractivity contribution is -0.143. The normalized spacial score (nSPS) is 13.6. The van der Waals surface area contributed by atoms with Crippen LogP contribution in [0.3, 0.4) is 0 Å². The number of hydrogen-bond donors (Lipinski definition) is 2. The van der Waals surface area contributed by atoms with Crippen LogP contribution < -0.4 is 5.32 Å². The minimum absolute atomic E-state index is 0.102. The van der Waals surface area contributed by atoms with Gasteiger partial charge in [-0.1, -0.05) is 29.3 Å². The van der Waals surface area contributed by atoms with Gasteiger partial charge in [0.1, 0.15) is 0 Å². The quantitative estimate of drug-likeness (QED) is 0.843. The predicted molar refractivity (Wildman–Crippen MR) is 76.3 cm³/mol. The first kappa shape index (κ1) is 16.8. The van der Waals surface area contributed by atoms with E-state index in [9.17, 15) is 9.59 Å². The van der Waals surface area contributed by atoms with Crippen LogP contribution in [0.4, 0.5) is 0 Å². The van der Waals surface area contributed by atoms with Gasteiger partial charge in [0.15, 0.2) is 6.04 Å². The van der Waals surface area contributed by atoms with Crippen molar-refractivity contribution < 1.29 is 19.4 Å². The Balaban J connectivity index is 2.80. The number of carboxylic acid groups (broad SMARTS) is 1. The molecular formula is C13H15Cl2NO4. The monoisotopic (exact) mass is 319 g/mol. The van der Waals surface area contributed by atoms with Crippen LogP contribution in [0.5, 0.6) is 0 Å². The molecule has 0 aliphatic heterocycles. The third kappa shape index (κ3) is 4.37. The van der Waals surface area contributed by atoms with Gasteiger partial charge in [0.25, 0.3) is 0 Å². The average Bonchev–Trinajstić information content (AvgIpc) is 2.40. The van der Waals surface area contributed by atoms with Crippen molar-refractivity contribution in [2.24, 2.45) is 0 Å². The first-order valence-corrected chi connectivity index (χ1v) is 6.59. The first-order valence-electron chi connectivity index (χ1n) is 5.84. The molecule has 0 aliphatic rings.